The van der Waals surface area contributed by atoms with Gasteiger partial charge < -0.3 is 4.74 Å². The smallest absolute Gasteiger partial charge is 0.373 e. The number of amides is 1. The number of hydrogen-bond donors (Lipinski definition) is 1. The van der Waals surface area contributed by atoms with Gasteiger partial charge in [0.1, 0.15) is 5.75 Å². The fourth-order valence-corrected chi connectivity index (χ4v) is 4.40. The van der Waals surface area contributed by atoms with Crippen molar-refractivity contribution in [2.75, 3.05) is 19.7 Å². The molecule has 0 spiro atoms. The van der Waals surface area contributed by atoms with Crippen molar-refractivity contribution in [2.24, 2.45) is 0 Å². The molecule has 3 aromatic rings. The molecule has 0 atom stereocenters. The van der Waals surface area contributed by atoms with Gasteiger partial charge in [0.15, 0.2) is 5.69 Å². The lowest BCUT2D eigenvalue weighted by molar-refractivity contribution is -0.191. The Morgan fingerprint density at radius 1 is 1.03 bits per heavy atom. The predicted octanol–water partition coefficient (Wildman–Crippen LogP) is 4.80. The molecular weight excluding hydrogens is 456 g/mol. The van der Waals surface area contributed by atoms with Crippen LogP contribution in [-0.4, -0.2) is 46.5 Å². The van der Waals surface area contributed by atoms with Gasteiger partial charge in [0.25, 0.3) is 5.91 Å². The molecule has 36 heavy (non-hydrogen) atoms. The number of ether oxygens (including phenoxy) is 1. The number of rotatable bonds is 7. The van der Waals surface area contributed by atoms with Gasteiger partial charge in [-0.1, -0.05) is 31.0 Å². The van der Waals surface area contributed by atoms with Gasteiger partial charge in [-0.25, -0.2) is 9.69 Å². The van der Waals surface area contributed by atoms with Crippen LogP contribution in [0.1, 0.15) is 59.8 Å². The number of carbonyl (C=O) groups excluding carboxylic acids is 3. The Kier molecular flexibility index (Phi) is 9.56. The van der Waals surface area contributed by atoms with Gasteiger partial charge >= 0.3 is 6.15 Å². The molecule has 1 aliphatic heterocycles. The van der Waals surface area contributed by atoms with Gasteiger partial charge in [0.2, 0.25) is 0 Å². The highest BCUT2D eigenvalue weighted by Crippen LogP contribution is 2.31. The number of hydrogen-bond acceptors (Lipinski definition) is 6. The van der Waals surface area contributed by atoms with E-state index in [1.54, 1.807) is 0 Å². The molecule has 190 valence electrons. The molecular formula is C28H34N4O4. The third-order valence-corrected chi connectivity index (χ3v) is 6.13. The summed E-state index contributed by atoms with van der Waals surface area (Å²) in [6.45, 7) is 10.7. The normalized spacial score (nSPS) is 13.3. The maximum absolute atomic E-state index is 13.2. The first-order chi connectivity index (χ1) is 17.4. The van der Waals surface area contributed by atoms with Crippen molar-refractivity contribution in [3.8, 4) is 22.7 Å². The Bertz CT molecular complexity index is 1210. The fraction of sp³-hybridized carbons (Fsp3) is 0.393. The summed E-state index contributed by atoms with van der Waals surface area (Å²) in [6, 6.07) is 14.4. The molecule has 1 saturated heterocycles. The van der Waals surface area contributed by atoms with Crippen molar-refractivity contribution in [1.82, 2.24) is 20.2 Å². The van der Waals surface area contributed by atoms with Crippen molar-refractivity contribution in [1.29, 1.82) is 0 Å². The summed E-state index contributed by atoms with van der Waals surface area (Å²) in [4.78, 5) is 29.5. The number of benzene rings is 2. The molecule has 2 aromatic carbocycles. The summed E-state index contributed by atoms with van der Waals surface area (Å²) < 4.78 is 7.67. The van der Waals surface area contributed by atoms with Crippen molar-refractivity contribution >= 4 is 12.1 Å². The second-order valence-electron chi connectivity index (χ2n) is 8.97. The van der Waals surface area contributed by atoms with Gasteiger partial charge in [-0.2, -0.15) is 14.7 Å². The van der Waals surface area contributed by atoms with E-state index in [0.29, 0.717) is 12.3 Å². The number of aromatic nitrogens is 2. The fourth-order valence-electron chi connectivity index (χ4n) is 4.40. The Morgan fingerprint density at radius 3 is 2.31 bits per heavy atom. The van der Waals surface area contributed by atoms with Gasteiger partial charge in [-0.15, -0.1) is 0 Å². The number of hydrazine groups is 1. The maximum Gasteiger partial charge on any atom is 0.373 e. The number of aryl methyl sites for hydroxylation is 2. The topological polar surface area (TPSA) is 93.5 Å². The summed E-state index contributed by atoms with van der Waals surface area (Å²) in [5.41, 5.74) is 9.61. The zero-order valence-corrected chi connectivity index (χ0v) is 21.5. The van der Waals surface area contributed by atoms with Gasteiger partial charge in [0, 0.05) is 24.2 Å². The molecule has 0 bridgehead atoms. The van der Waals surface area contributed by atoms with Gasteiger partial charge in [-0.3, -0.25) is 10.2 Å². The van der Waals surface area contributed by atoms with Crippen LogP contribution in [0.25, 0.3) is 16.9 Å². The van der Waals surface area contributed by atoms with Crippen LogP contribution in [0.4, 0.5) is 0 Å². The van der Waals surface area contributed by atoms with Crippen molar-refractivity contribution in [3.63, 3.8) is 0 Å². The van der Waals surface area contributed by atoms with Crippen LogP contribution in [0.2, 0.25) is 0 Å². The van der Waals surface area contributed by atoms with Crippen LogP contribution in [0.3, 0.4) is 0 Å². The monoisotopic (exact) mass is 490 g/mol. The van der Waals surface area contributed by atoms with E-state index in [0.717, 1.165) is 66.2 Å². The van der Waals surface area contributed by atoms with Crippen LogP contribution in [0.5, 0.6) is 5.75 Å². The minimum absolute atomic E-state index is 0.151. The van der Waals surface area contributed by atoms with Gasteiger partial charge in [0.05, 0.1) is 18.0 Å². The van der Waals surface area contributed by atoms with E-state index in [2.05, 4.69) is 44.4 Å². The second kappa shape index (κ2) is 12.8. The standard InChI is InChI=1S/C27H34N4O2.CO2/c1-5-17-33-23-12-10-22(11-13-23)26-21(4)25(27(32)29-30-15-7-6-8-16-30)28-31(26)24-14-9-19(2)18-20(24)3;2-1-3/h9-14,18H,5-8,15-17H2,1-4H3,(H,29,32);. The minimum Gasteiger partial charge on any atom is -0.494 e. The molecule has 1 aromatic heterocycles. The minimum atomic E-state index is -0.151. The lowest BCUT2D eigenvalue weighted by Gasteiger charge is -2.26. The highest BCUT2D eigenvalue weighted by molar-refractivity contribution is 5.95. The summed E-state index contributed by atoms with van der Waals surface area (Å²) in [5, 5.41) is 6.85. The molecule has 0 saturated carbocycles. The SMILES string of the molecule is CCCOc1ccc(-c2c(C)c(C(=O)NN3CCCCC3)nn2-c2ccc(C)cc2C)cc1.O=C=O. The van der Waals surface area contributed by atoms with Gasteiger partial charge in [-0.05, 0) is 75.9 Å². The van der Waals surface area contributed by atoms with Crippen molar-refractivity contribution in [3.05, 3.63) is 64.8 Å². The largest absolute Gasteiger partial charge is 0.494 e. The molecule has 8 heteroatoms. The molecule has 8 nitrogen and oxygen atoms in total. The quantitative estimate of drug-likeness (QED) is 0.511. The third kappa shape index (κ3) is 6.47. The Balaban J connectivity index is 0.00000115. The summed E-state index contributed by atoms with van der Waals surface area (Å²) in [7, 11) is 0. The van der Waals surface area contributed by atoms with E-state index >= 15 is 0 Å². The van der Waals surface area contributed by atoms with E-state index in [1.165, 1.54) is 12.0 Å². The summed E-state index contributed by atoms with van der Waals surface area (Å²) in [5.74, 6) is 0.695. The first-order valence-corrected chi connectivity index (χ1v) is 12.3. The maximum atomic E-state index is 13.2. The number of carbonyl (C=O) groups is 1. The molecule has 4 rings (SSSR count). The predicted molar refractivity (Wildman–Crippen MR) is 137 cm³/mol. The number of piperidine rings is 1. The third-order valence-electron chi connectivity index (χ3n) is 6.13. The van der Waals surface area contributed by atoms with Crippen molar-refractivity contribution < 1.29 is 19.1 Å². The molecule has 1 amide bonds. The Hall–Kier alpha value is -3.74. The van der Waals surface area contributed by atoms with Crippen molar-refractivity contribution in [2.45, 2.75) is 53.4 Å². The van der Waals surface area contributed by atoms with Crippen LogP contribution >= 0.6 is 0 Å². The molecule has 2 heterocycles. The lowest BCUT2D eigenvalue weighted by Crippen LogP contribution is -2.45. The Morgan fingerprint density at radius 2 is 1.69 bits per heavy atom. The molecule has 0 radical (unpaired) electrons. The van der Waals surface area contributed by atoms with E-state index in [4.69, 9.17) is 19.4 Å². The first-order valence-electron chi connectivity index (χ1n) is 12.3. The number of nitrogens with one attached hydrogen (secondary N) is 1. The van der Waals surface area contributed by atoms with E-state index in [-0.39, 0.29) is 12.1 Å². The zero-order valence-electron chi connectivity index (χ0n) is 21.5. The molecule has 1 fully saturated rings. The lowest BCUT2D eigenvalue weighted by atomic mass is 10.0. The van der Waals surface area contributed by atoms with Crippen LogP contribution in [0, 0.1) is 20.8 Å². The van der Waals surface area contributed by atoms with Crippen LogP contribution in [0.15, 0.2) is 42.5 Å². The van der Waals surface area contributed by atoms with E-state index < -0.39 is 0 Å². The Labute approximate surface area is 212 Å². The van der Waals surface area contributed by atoms with E-state index in [9.17, 15) is 4.79 Å². The molecule has 1 aliphatic rings. The first kappa shape index (κ1) is 26.9. The zero-order chi connectivity index (χ0) is 26.1. The molecule has 1 N–H and O–H groups in total. The second-order valence-corrected chi connectivity index (χ2v) is 8.97. The highest BCUT2D eigenvalue weighted by Gasteiger charge is 2.24. The average molecular weight is 491 g/mol. The number of nitrogens with zero attached hydrogens (tertiary/aromatic N) is 3. The van der Waals surface area contributed by atoms with Crippen LogP contribution in [-0.2, 0) is 9.59 Å². The highest BCUT2D eigenvalue weighted by atomic mass is 16.5. The molecule has 0 aliphatic carbocycles. The average Bonchev–Trinajstić information content (AvgIpc) is 3.21. The summed E-state index contributed by atoms with van der Waals surface area (Å²) in [6.07, 6.45) is 4.65. The molecule has 0 unspecified atom stereocenters. The van der Waals surface area contributed by atoms with Crippen LogP contribution < -0.4 is 10.2 Å². The van der Waals surface area contributed by atoms with E-state index in [1.807, 2.05) is 40.9 Å². The summed E-state index contributed by atoms with van der Waals surface area (Å²) >= 11 is 0.